The van der Waals surface area contributed by atoms with Gasteiger partial charge in [-0.25, -0.2) is 4.98 Å². The van der Waals surface area contributed by atoms with E-state index in [0.29, 0.717) is 17.8 Å². The standard InChI is InChI=1S/C40H42N4O4/c1-27-37(25-44-20-5-2-6-21-44)47-40(48-38(27)31-14-12-28(26-45)13-15-31)32-18-16-30(17-19-32)33-9-7-8-29(22-33)23-42-39(46)36-24-41-34-10-3-4-11-35(34)43-36/h3-4,7-19,22,24,27,37-38,40,45H,2,5-6,20-21,23,25-26H2,1H3,(H,42,46)/t27-,37+,38+,40+/m1/s1. The second kappa shape index (κ2) is 14.7. The highest BCUT2D eigenvalue weighted by Gasteiger charge is 2.39. The van der Waals surface area contributed by atoms with Crippen LogP contribution in [0.2, 0.25) is 0 Å². The molecular formula is C40H42N4O4. The van der Waals surface area contributed by atoms with Crippen molar-refractivity contribution in [3.05, 3.63) is 131 Å². The third-order valence-corrected chi connectivity index (χ3v) is 9.59. The van der Waals surface area contributed by atoms with E-state index in [2.05, 4.69) is 75.6 Å². The maximum atomic E-state index is 12.9. The number of piperidine rings is 1. The normalized spacial score (nSPS) is 21.6. The molecule has 4 atom stereocenters. The van der Waals surface area contributed by atoms with Crippen LogP contribution >= 0.6 is 0 Å². The lowest BCUT2D eigenvalue weighted by molar-refractivity contribution is -0.276. The number of nitrogens with one attached hydrogen (secondary N) is 1. The molecule has 246 valence electrons. The van der Waals surface area contributed by atoms with Gasteiger partial charge < -0.3 is 24.8 Å². The highest BCUT2D eigenvalue weighted by Crippen LogP contribution is 2.42. The predicted molar refractivity (Wildman–Crippen MR) is 186 cm³/mol. The number of carbonyl (C=O) groups excluding carboxylic acids is 1. The lowest BCUT2D eigenvalue weighted by atomic mass is 9.89. The Kier molecular flexibility index (Phi) is 9.86. The lowest BCUT2D eigenvalue weighted by Crippen LogP contribution is -2.45. The first kappa shape index (κ1) is 32.1. The zero-order valence-corrected chi connectivity index (χ0v) is 27.3. The molecule has 2 aliphatic rings. The molecule has 0 unspecified atom stereocenters. The summed E-state index contributed by atoms with van der Waals surface area (Å²) < 4.78 is 13.4. The molecule has 8 heteroatoms. The van der Waals surface area contributed by atoms with E-state index in [1.54, 1.807) is 0 Å². The van der Waals surface area contributed by atoms with Gasteiger partial charge in [0.25, 0.3) is 5.91 Å². The molecule has 0 saturated carbocycles. The van der Waals surface area contributed by atoms with Crippen LogP contribution in [-0.2, 0) is 22.6 Å². The number of carbonyl (C=O) groups is 1. The molecule has 0 spiro atoms. The van der Waals surface area contributed by atoms with Gasteiger partial charge >= 0.3 is 0 Å². The highest BCUT2D eigenvalue weighted by molar-refractivity contribution is 5.93. The topological polar surface area (TPSA) is 96.8 Å². The predicted octanol–water partition coefficient (Wildman–Crippen LogP) is 7.00. The third-order valence-electron chi connectivity index (χ3n) is 9.59. The molecule has 48 heavy (non-hydrogen) atoms. The molecule has 0 aliphatic carbocycles. The molecule has 1 amide bonds. The second-order valence-electron chi connectivity index (χ2n) is 12.9. The summed E-state index contributed by atoms with van der Waals surface area (Å²) in [6, 6.07) is 32.2. The third kappa shape index (κ3) is 7.32. The molecular weight excluding hydrogens is 600 g/mol. The molecule has 4 aromatic carbocycles. The van der Waals surface area contributed by atoms with Crippen LogP contribution in [-0.4, -0.2) is 51.6 Å². The van der Waals surface area contributed by atoms with Gasteiger partial charge in [0.15, 0.2) is 6.29 Å². The minimum Gasteiger partial charge on any atom is -0.392 e. The van der Waals surface area contributed by atoms with Crippen LogP contribution in [0.1, 0.15) is 71.3 Å². The number of amides is 1. The fourth-order valence-electron chi connectivity index (χ4n) is 6.76. The van der Waals surface area contributed by atoms with Crippen LogP contribution in [0.5, 0.6) is 0 Å². The molecule has 0 radical (unpaired) electrons. The van der Waals surface area contributed by atoms with E-state index in [-0.39, 0.29) is 30.6 Å². The van der Waals surface area contributed by atoms with Crippen molar-refractivity contribution in [3.63, 3.8) is 0 Å². The van der Waals surface area contributed by atoms with Gasteiger partial charge in [-0.2, -0.15) is 0 Å². The fraction of sp³-hybridized carbons (Fsp3) is 0.325. The quantitative estimate of drug-likeness (QED) is 0.179. The minimum absolute atomic E-state index is 0.0229. The lowest BCUT2D eigenvalue weighted by Gasteiger charge is -2.43. The SMILES string of the molecule is C[C@@H]1[C@H](CN2CCCCC2)O[C@H](c2ccc(-c3cccc(CNC(=O)c4cnc5ccccc5n4)c3)cc2)O[C@@H]1c1ccc(CO)cc1. The first-order valence-corrected chi connectivity index (χ1v) is 17.0. The number of rotatable bonds is 9. The largest absolute Gasteiger partial charge is 0.392 e. The number of ether oxygens (including phenoxy) is 2. The fourth-order valence-corrected chi connectivity index (χ4v) is 6.76. The number of para-hydroxylation sites is 2. The molecule has 2 aliphatic heterocycles. The molecule has 1 aromatic heterocycles. The Labute approximate surface area is 281 Å². The Hall–Kier alpha value is -4.47. The summed E-state index contributed by atoms with van der Waals surface area (Å²) in [4.78, 5) is 24.2. The van der Waals surface area contributed by atoms with Crippen molar-refractivity contribution in [2.45, 2.75) is 57.8 Å². The van der Waals surface area contributed by atoms with Gasteiger partial charge in [0.1, 0.15) is 5.69 Å². The number of hydrogen-bond acceptors (Lipinski definition) is 7. The van der Waals surface area contributed by atoms with E-state index in [0.717, 1.165) is 58.5 Å². The highest BCUT2D eigenvalue weighted by atomic mass is 16.7. The van der Waals surface area contributed by atoms with Crippen molar-refractivity contribution in [1.29, 1.82) is 0 Å². The van der Waals surface area contributed by atoms with Crippen LogP contribution in [0, 0.1) is 5.92 Å². The van der Waals surface area contributed by atoms with Crippen molar-refractivity contribution in [1.82, 2.24) is 20.2 Å². The Morgan fingerprint density at radius 3 is 2.35 bits per heavy atom. The van der Waals surface area contributed by atoms with Gasteiger partial charge in [-0.1, -0.05) is 92.2 Å². The van der Waals surface area contributed by atoms with E-state index in [9.17, 15) is 9.90 Å². The van der Waals surface area contributed by atoms with E-state index in [1.807, 2.05) is 48.5 Å². The van der Waals surface area contributed by atoms with Gasteiger partial charge in [-0.15, -0.1) is 0 Å². The Balaban J connectivity index is 1.05. The average molecular weight is 643 g/mol. The van der Waals surface area contributed by atoms with Gasteiger partial charge in [0.2, 0.25) is 0 Å². The Morgan fingerprint density at radius 2 is 1.58 bits per heavy atom. The maximum Gasteiger partial charge on any atom is 0.271 e. The first-order valence-electron chi connectivity index (χ1n) is 17.0. The zero-order valence-electron chi connectivity index (χ0n) is 27.3. The Bertz CT molecular complexity index is 1840. The molecule has 5 aromatic rings. The minimum atomic E-state index is -0.493. The number of aliphatic hydroxyl groups excluding tert-OH is 1. The molecule has 2 fully saturated rings. The summed E-state index contributed by atoms with van der Waals surface area (Å²) in [7, 11) is 0. The van der Waals surface area contributed by atoms with E-state index in [4.69, 9.17) is 9.47 Å². The van der Waals surface area contributed by atoms with Crippen LogP contribution < -0.4 is 5.32 Å². The molecule has 2 saturated heterocycles. The number of aromatic nitrogens is 2. The van der Waals surface area contributed by atoms with Crippen molar-refractivity contribution >= 4 is 16.9 Å². The first-order chi connectivity index (χ1) is 23.5. The van der Waals surface area contributed by atoms with Crippen molar-refractivity contribution in [2.24, 2.45) is 5.92 Å². The summed E-state index contributed by atoms with van der Waals surface area (Å²) in [5.74, 6) is -0.0926. The molecule has 0 bridgehead atoms. The van der Waals surface area contributed by atoms with E-state index < -0.39 is 6.29 Å². The smallest absolute Gasteiger partial charge is 0.271 e. The number of fused-ring (bicyclic) bond motifs is 1. The molecule has 7 rings (SSSR count). The van der Waals surface area contributed by atoms with Crippen LogP contribution in [0.15, 0.2) is 103 Å². The van der Waals surface area contributed by atoms with Crippen molar-refractivity contribution in [2.75, 3.05) is 19.6 Å². The average Bonchev–Trinajstić information content (AvgIpc) is 3.15. The summed E-state index contributed by atoms with van der Waals surface area (Å²) >= 11 is 0. The van der Waals surface area contributed by atoms with Gasteiger partial charge in [-0.05, 0) is 71.9 Å². The Morgan fingerprint density at radius 1 is 0.833 bits per heavy atom. The molecule has 3 heterocycles. The summed E-state index contributed by atoms with van der Waals surface area (Å²) in [5.41, 5.74) is 7.83. The number of likely N-dealkylation sites (tertiary alicyclic amines) is 1. The van der Waals surface area contributed by atoms with E-state index in [1.165, 1.54) is 25.5 Å². The van der Waals surface area contributed by atoms with E-state index >= 15 is 0 Å². The van der Waals surface area contributed by atoms with Gasteiger partial charge in [-0.3, -0.25) is 9.78 Å². The van der Waals surface area contributed by atoms with Gasteiger partial charge in [0, 0.05) is 24.6 Å². The molecule has 8 nitrogen and oxygen atoms in total. The monoisotopic (exact) mass is 642 g/mol. The summed E-state index contributed by atoms with van der Waals surface area (Å²) in [5, 5.41) is 12.6. The number of benzene rings is 4. The van der Waals surface area contributed by atoms with Crippen molar-refractivity contribution < 1.29 is 19.4 Å². The molecule has 2 N–H and O–H groups in total. The zero-order chi connectivity index (χ0) is 32.9. The second-order valence-corrected chi connectivity index (χ2v) is 12.9. The van der Waals surface area contributed by atoms with Crippen LogP contribution in [0.4, 0.5) is 0 Å². The van der Waals surface area contributed by atoms with Gasteiger partial charge in [0.05, 0.1) is 36.0 Å². The van der Waals surface area contributed by atoms with Crippen molar-refractivity contribution in [3.8, 4) is 11.1 Å². The summed E-state index contributed by atoms with van der Waals surface area (Å²) in [6.07, 6.45) is 4.69. The number of aliphatic hydroxyl groups is 1. The maximum absolute atomic E-state index is 12.9. The van der Waals surface area contributed by atoms with Crippen LogP contribution in [0.25, 0.3) is 22.2 Å². The summed E-state index contributed by atoms with van der Waals surface area (Å²) in [6.45, 7) is 5.74. The number of nitrogens with zero attached hydrogens (tertiary/aromatic N) is 3. The number of hydrogen-bond donors (Lipinski definition) is 2. The van der Waals surface area contributed by atoms with Crippen LogP contribution in [0.3, 0.4) is 0 Å².